The fourth-order valence-corrected chi connectivity index (χ4v) is 4.78. The lowest BCUT2D eigenvalue weighted by molar-refractivity contribution is -0.129. The molecule has 1 aliphatic rings. The quantitative estimate of drug-likeness (QED) is 0.485. The van der Waals surface area contributed by atoms with Crippen LogP contribution in [-0.4, -0.2) is 50.9 Å². The van der Waals surface area contributed by atoms with Crippen LogP contribution in [0, 0.1) is 5.92 Å². The third kappa shape index (κ3) is 3.50. The van der Waals surface area contributed by atoms with Gasteiger partial charge in [0, 0.05) is 32.6 Å². The first-order chi connectivity index (χ1) is 13.9. The summed E-state index contributed by atoms with van der Waals surface area (Å²) in [5.41, 5.74) is 2.00. The second kappa shape index (κ2) is 7.74. The largest absolute Gasteiger partial charge is 0.497 e. The molecule has 0 aliphatic carbocycles. The fraction of sp³-hybridized carbons (Fsp3) is 0.476. The van der Waals surface area contributed by atoms with Gasteiger partial charge in [-0.15, -0.1) is 0 Å². The molecule has 3 aromatic rings. The Balaban J connectivity index is 1.68. The molecule has 0 unspecified atom stereocenters. The Hall–Kier alpha value is -2.48. The van der Waals surface area contributed by atoms with E-state index in [1.165, 1.54) is 16.3 Å². The van der Waals surface area contributed by atoms with Gasteiger partial charge in [0.2, 0.25) is 5.91 Å². The van der Waals surface area contributed by atoms with E-state index in [0.717, 1.165) is 42.6 Å². The smallest absolute Gasteiger partial charge is 0.278 e. The van der Waals surface area contributed by atoms with Crippen LogP contribution >= 0.6 is 11.8 Å². The molecule has 3 heterocycles. The number of likely N-dealkylation sites (tertiary alicyclic amines) is 1. The zero-order valence-electron chi connectivity index (χ0n) is 17.3. The van der Waals surface area contributed by atoms with Crippen molar-refractivity contribution in [3.05, 3.63) is 28.6 Å². The molecule has 2 aromatic heterocycles. The van der Waals surface area contributed by atoms with Crippen LogP contribution in [0.25, 0.3) is 21.9 Å². The molecule has 7 nitrogen and oxygen atoms in total. The van der Waals surface area contributed by atoms with Gasteiger partial charge in [0.25, 0.3) is 5.56 Å². The van der Waals surface area contributed by atoms with Gasteiger partial charge in [0.15, 0.2) is 5.16 Å². The molecular weight excluding hydrogens is 388 g/mol. The molecule has 29 heavy (non-hydrogen) atoms. The summed E-state index contributed by atoms with van der Waals surface area (Å²) < 4.78 is 8.75. The van der Waals surface area contributed by atoms with Crippen molar-refractivity contribution >= 4 is 39.6 Å². The summed E-state index contributed by atoms with van der Waals surface area (Å²) in [6, 6.07) is 5.71. The lowest BCUT2D eigenvalue weighted by atomic mass is 9.99. The van der Waals surface area contributed by atoms with Crippen LogP contribution in [0.2, 0.25) is 0 Å². The normalized spacial score (nSPS) is 15.4. The Kier molecular flexibility index (Phi) is 5.29. The zero-order valence-corrected chi connectivity index (χ0v) is 18.1. The average Bonchev–Trinajstić information content (AvgIpc) is 3.01. The third-order valence-corrected chi connectivity index (χ3v) is 6.86. The van der Waals surface area contributed by atoms with Gasteiger partial charge in [-0.25, -0.2) is 4.98 Å². The van der Waals surface area contributed by atoms with E-state index >= 15 is 0 Å². The highest BCUT2D eigenvalue weighted by atomic mass is 32.2. The summed E-state index contributed by atoms with van der Waals surface area (Å²) in [5, 5.41) is 1.43. The number of aryl methyl sites for hydroxylation is 1. The van der Waals surface area contributed by atoms with Crippen molar-refractivity contribution in [2.45, 2.75) is 24.9 Å². The summed E-state index contributed by atoms with van der Waals surface area (Å²) in [7, 11) is 5.20. The Bertz CT molecular complexity index is 1140. The number of methoxy groups -OCH3 is 1. The standard InChI is InChI=1S/C21H26N4O3S/c1-13-7-9-25(10-8-13)17(26)12-29-21-22-18-15-11-14(28-4)5-6-16(15)23(2)19(18)20(27)24(21)3/h5-6,11,13H,7-10,12H2,1-4H3. The van der Waals surface area contributed by atoms with Gasteiger partial charge in [-0.1, -0.05) is 18.7 Å². The number of thioether (sulfide) groups is 1. The van der Waals surface area contributed by atoms with Crippen LogP contribution < -0.4 is 10.3 Å². The van der Waals surface area contributed by atoms with Crippen LogP contribution in [0.4, 0.5) is 0 Å². The summed E-state index contributed by atoms with van der Waals surface area (Å²) in [6.45, 7) is 3.86. The molecule has 1 saturated heterocycles. The summed E-state index contributed by atoms with van der Waals surface area (Å²) in [6.07, 6.45) is 2.11. The van der Waals surface area contributed by atoms with E-state index in [1.807, 2.05) is 34.7 Å². The highest BCUT2D eigenvalue weighted by Gasteiger charge is 2.22. The van der Waals surface area contributed by atoms with Gasteiger partial charge in [0.1, 0.15) is 16.8 Å². The van der Waals surface area contributed by atoms with E-state index in [4.69, 9.17) is 9.72 Å². The molecule has 0 atom stereocenters. The van der Waals surface area contributed by atoms with E-state index in [2.05, 4.69) is 6.92 Å². The number of nitrogens with zero attached hydrogens (tertiary/aromatic N) is 4. The van der Waals surface area contributed by atoms with Crippen LogP contribution in [-0.2, 0) is 18.9 Å². The molecule has 0 saturated carbocycles. The van der Waals surface area contributed by atoms with Crippen LogP contribution in [0.1, 0.15) is 19.8 Å². The molecule has 1 fully saturated rings. The molecule has 0 spiro atoms. The predicted octanol–water partition coefficient (Wildman–Crippen LogP) is 2.78. The van der Waals surface area contributed by atoms with Gasteiger partial charge in [0.05, 0.1) is 18.4 Å². The van der Waals surface area contributed by atoms with Gasteiger partial charge < -0.3 is 14.2 Å². The number of piperidine rings is 1. The molecule has 154 valence electrons. The minimum absolute atomic E-state index is 0.107. The molecular formula is C21H26N4O3S. The van der Waals surface area contributed by atoms with Crippen molar-refractivity contribution in [3.63, 3.8) is 0 Å². The summed E-state index contributed by atoms with van der Waals surface area (Å²) in [5.74, 6) is 1.79. The number of fused-ring (bicyclic) bond motifs is 3. The summed E-state index contributed by atoms with van der Waals surface area (Å²) >= 11 is 1.33. The highest BCUT2D eigenvalue weighted by Crippen LogP contribution is 2.30. The molecule has 1 aromatic carbocycles. The van der Waals surface area contributed by atoms with Gasteiger partial charge in [-0.2, -0.15) is 0 Å². The molecule has 1 amide bonds. The lowest BCUT2D eigenvalue weighted by Crippen LogP contribution is -2.39. The van der Waals surface area contributed by atoms with Crippen LogP contribution in [0.5, 0.6) is 5.75 Å². The van der Waals surface area contributed by atoms with Gasteiger partial charge in [-0.3, -0.25) is 14.2 Å². The van der Waals surface area contributed by atoms with E-state index < -0.39 is 0 Å². The van der Waals surface area contributed by atoms with Gasteiger partial charge >= 0.3 is 0 Å². The maximum Gasteiger partial charge on any atom is 0.278 e. The number of carbonyl (C=O) groups excluding carboxylic acids is 1. The Morgan fingerprint density at radius 3 is 2.66 bits per heavy atom. The van der Waals surface area contributed by atoms with Crippen molar-refractivity contribution in [2.75, 3.05) is 26.0 Å². The monoisotopic (exact) mass is 414 g/mol. The SMILES string of the molecule is COc1ccc2c(c1)c1nc(SCC(=O)N3CCC(C)CC3)n(C)c(=O)c1n2C. The number of aromatic nitrogens is 3. The minimum atomic E-state index is -0.116. The number of carbonyl (C=O) groups is 1. The van der Waals surface area contributed by atoms with Crippen LogP contribution in [0.15, 0.2) is 28.2 Å². The lowest BCUT2D eigenvalue weighted by Gasteiger charge is -2.30. The van der Waals surface area contributed by atoms with E-state index in [-0.39, 0.29) is 17.2 Å². The maximum atomic E-state index is 13.0. The first-order valence-electron chi connectivity index (χ1n) is 9.84. The third-order valence-electron chi connectivity index (χ3n) is 5.84. The van der Waals surface area contributed by atoms with Crippen molar-refractivity contribution in [2.24, 2.45) is 20.0 Å². The van der Waals surface area contributed by atoms with Gasteiger partial charge in [-0.05, 0) is 37.0 Å². The number of amides is 1. The van der Waals surface area contributed by atoms with E-state index in [1.54, 1.807) is 14.2 Å². The van der Waals surface area contributed by atoms with Crippen molar-refractivity contribution in [1.29, 1.82) is 0 Å². The molecule has 1 aliphatic heterocycles. The van der Waals surface area contributed by atoms with Crippen LogP contribution in [0.3, 0.4) is 0 Å². The fourth-order valence-electron chi connectivity index (χ4n) is 3.91. The number of benzene rings is 1. The molecule has 0 bridgehead atoms. The molecule has 0 radical (unpaired) electrons. The Labute approximate surface area is 173 Å². The minimum Gasteiger partial charge on any atom is -0.497 e. The number of hydrogen-bond donors (Lipinski definition) is 0. The van der Waals surface area contributed by atoms with E-state index in [0.29, 0.717) is 22.1 Å². The second-order valence-corrected chi connectivity index (χ2v) is 8.69. The molecule has 4 rings (SSSR count). The number of ether oxygens (including phenoxy) is 1. The maximum absolute atomic E-state index is 13.0. The molecule has 8 heteroatoms. The van der Waals surface area contributed by atoms with Crippen molar-refractivity contribution in [3.8, 4) is 5.75 Å². The molecule has 0 N–H and O–H groups in total. The van der Waals surface area contributed by atoms with Crippen molar-refractivity contribution in [1.82, 2.24) is 19.0 Å². The highest BCUT2D eigenvalue weighted by molar-refractivity contribution is 7.99. The zero-order chi connectivity index (χ0) is 20.7. The average molecular weight is 415 g/mol. The number of rotatable bonds is 4. The Morgan fingerprint density at radius 1 is 1.24 bits per heavy atom. The number of hydrogen-bond acceptors (Lipinski definition) is 5. The predicted molar refractivity (Wildman–Crippen MR) is 116 cm³/mol. The second-order valence-electron chi connectivity index (χ2n) is 7.75. The van der Waals surface area contributed by atoms with E-state index in [9.17, 15) is 9.59 Å². The topological polar surface area (TPSA) is 69.4 Å². The first-order valence-corrected chi connectivity index (χ1v) is 10.8. The summed E-state index contributed by atoms with van der Waals surface area (Å²) in [4.78, 5) is 32.3. The Morgan fingerprint density at radius 2 is 1.97 bits per heavy atom. The first kappa shape index (κ1) is 19.8. The van der Waals surface area contributed by atoms with Crippen molar-refractivity contribution < 1.29 is 9.53 Å².